The normalized spacial score (nSPS) is 22.1. The molecule has 0 aromatic heterocycles. The van der Waals surface area contributed by atoms with Crippen LogP contribution in [0.4, 0.5) is 5.69 Å². The van der Waals surface area contributed by atoms with E-state index in [-0.39, 0.29) is 11.9 Å². The van der Waals surface area contributed by atoms with Gasteiger partial charge >= 0.3 is 0 Å². The molecule has 1 aliphatic carbocycles. The van der Waals surface area contributed by atoms with E-state index in [2.05, 4.69) is 38.7 Å². The lowest BCUT2D eigenvalue weighted by Crippen LogP contribution is -2.23. The lowest BCUT2D eigenvalue weighted by atomic mass is 10.1. The molecule has 0 bridgehead atoms. The van der Waals surface area contributed by atoms with E-state index in [4.69, 9.17) is 0 Å². The van der Waals surface area contributed by atoms with Crippen LogP contribution in [0.2, 0.25) is 0 Å². The van der Waals surface area contributed by atoms with Gasteiger partial charge in [0, 0.05) is 26.4 Å². The first kappa shape index (κ1) is 14.4. The van der Waals surface area contributed by atoms with E-state index >= 15 is 0 Å². The molecular weight excluding hydrogens is 336 g/mol. The molecule has 1 fully saturated rings. The number of carbonyl (C=O) groups is 1. The fraction of sp³-hybridized carbons (Fsp3) is 0.533. The van der Waals surface area contributed by atoms with Crippen molar-refractivity contribution in [3.63, 3.8) is 0 Å². The summed E-state index contributed by atoms with van der Waals surface area (Å²) in [4.78, 5) is 13.1. The van der Waals surface area contributed by atoms with Gasteiger partial charge in [-0.1, -0.05) is 12.8 Å². The van der Waals surface area contributed by atoms with Gasteiger partial charge in [-0.25, -0.2) is 0 Å². The molecule has 1 heterocycles. The number of likely N-dealkylation sites (N-methyl/N-ethyl adjacent to an activating group) is 1. The molecule has 20 heavy (non-hydrogen) atoms. The van der Waals surface area contributed by atoms with Gasteiger partial charge in [-0.05, 0) is 53.9 Å². The van der Waals surface area contributed by atoms with Crippen LogP contribution in [0, 0.1) is 5.92 Å². The topological polar surface area (TPSA) is 41.1 Å². The van der Waals surface area contributed by atoms with Gasteiger partial charge in [0.15, 0.2) is 0 Å². The summed E-state index contributed by atoms with van der Waals surface area (Å²) in [5, 5.41) is 6.01. The van der Waals surface area contributed by atoms with E-state index in [1.54, 1.807) is 0 Å². The maximum atomic E-state index is 11.9. The van der Waals surface area contributed by atoms with Crippen molar-refractivity contribution < 1.29 is 4.79 Å². The van der Waals surface area contributed by atoms with Crippen LogP contribution < -0.4 is 10.6 Å². The summed E-state index contributed by atoms with van der Waals surface area (Å²) in [6, 6.07) is 3.95. The number of nitrogens with one attached hydrogen (secondary N) is 2. The Morgan fingerprint density at radius 1 is 1.40 bits per heavy atom. The minimum atomic E-state index is -0.227. The highest BCUT2D eigenvalue weighted by molar-refractivity contribution is 9.10. The Balaban J connectivity index is 1.76. The van der Waals surface area contributed by atoms with Crippen LogP contribution in [0.5, 0.6) is 0 Å². The standard InChI is InChI=1S/C15H19BrN2OS/c1-17-14-10-6-11(16)13(7-12(10)18-15(14)19)20-8-9-4-2-3-5-9/h6-7,9,14,17H,2-5,8H2,1H3,(H,18,19). The summed E-state index contributed by atoms with van der Waals surface area (Å²) in [5.74, 6) is 2.08. The van der Waals surface area contributed by atoms with Gasteiger partial charge in [0.1, 0.15) is 6.04 Å². The molecule has 3 rings (SSSR count). The minimum absolute atomic E-state index is 0.0346. The molecule has 1 unspecified atom stereocenters. The number of hydrogen-bond acceptors (Lipinski definition) is 3. The van der Waals surface area contributed by atoms with Gasteiger partial charge in [-0.15, -0.1) is 11.8 Å². The first-order chi connectivity index (χ1) is 9.69. The predicted octanol–water partition coefficient (Wildman–Crippen LogP) is 3.94. The van der Waals surface area contributed by atoms with E-state index in [0.29, 0.717) is 0 Å². The number of hydrogen-bond donors (Lipinski definition) is 2. The molecule has 1 aromatic rings. The van der Waals surface area contributed by atoms with Crippen LogP contribution in [-0.4, -0.2) is 18.7 Å². The van der Waals surface area contributed by atoms with Crippen LogP contribution in [-0.2, 0) is 4.79 Å². The number of rotatable bonds is 4. The smallest absolute Gasteiger partial charge is 0.246 e. The average Bonchev–Trinajstić information content (AvgIpc) is 3.03. The van der Waals surface area contributed by atoms with Crippen molar-refractivity contribution in [1.82, 2.24) is 5.32 Å². The molecule has 5 heteroatoms. The number of anilines is 1. The van der Waals surface area contributed by atoms with Crippen molar-refractivity contribution in [3.05, 3.63) is 22.2 Å². The molecule has 3 nitrogen and oxygen atoms in total. The van der Waals surface area contributed by atoms with Gasteiger partial charge in [-0.3, -0.25) is 4.79 Å². The lowest BCUT2D eigenvalue weighted by molar-refractivity contribution is -0.117. The van der Waals surface area contributed by atoms with Crippen LogP contribution in [0.15, 0.2) is 21.5 Å². The first-order valence-electron chi connectivity index (χ1n) is 7.13. The van der Waals surface area contributed by atoms with Gasteiger partial charge in [0.05, 0.1) is 0 Å². The van der Waals surface area contributed by atoms with E-state index in [9.17, 15) is 4.79 Å². The molecule has 0 radical (unpaired) electrons. The third kappa shape index (κ3) is 2.76. The SMILES string of the molecule is CNC1C(=O)Nc2cc(SCC3CCCC3)c(Br)cc21. The Labute approximate surface area is 132 Å². The Morgan fingerprint density at radius 2 is 2.15 bits per heavy atom. The number of halogens is 1. The van der Waals surface area contributed by atoms with E-state index in [1.807, 2.05) is 18.8 Å². The summed E-state index contributed by atoms with van der Waals surface area (Å²) < 4.78 is 1.09. The van der Waals surface area contributed by atoms with E-state index in [1.165, 1.54) is 36.3 Å². The number of carbonyl (C=O) groups excluding carboxylic acids is 1. The Hall–Kier alpha value is -0.520. The van der Waals surface area contributed by atoms with Crippen molar-refractivity contribution in [1.29, 1.82) is 0 Å². The number of amides is 1. The third-order valence-electron chi connectivity index (χ3n) is 4.17. The molecular formula is C15H19BrN2OS. The molecule has 1 atom stereocenters. The highest BCUT2D eigenvalue weighted by Crippen LogP contribution is 2.40. The zero-order chi connectivity index (χ0) is 14.1. The fourth-order valence-electron chi connectivity index (χ4n) is 3.04. The Bertz CT molecular complexity index is 529. The van der Waals surface area contributed by atoms with Gasteiger partial charge in [0.25, 0.3) is 0 Å². The molecule has 0 saturated heterocycles. The number of fused-ring (bicyclic) bond motifs is 1. The molecule has 108 valence electrons. The lowest BCUT2D eigenvalue weighted by Gasteiger charge is -2.12. The monoisotopic (exact) mass is 354 g/mol. The molecule has 0 spiro atoms. The fourth-order valence-corrected chi connectivity index (χ4v) is 4.89. The zero-order valence-corrected chi connectivity index (χ0v) is 13.9. The summed E-state index contributed by atoms with van der Waals surface area (Å²) in [5.41, 5.74) is 1.99. The summed E-state index contributed by atoms with van der Waals surface area (Å²) in [6.45, 7) is 0. The summed E-state index contributed by atoms with van der Waals surface area (Å²) >= 11 is 5.55. The van der Waals surface area contributed by atoms with Crippen molar-refractivity contribution >= 4 is 39.3 Å². The maximum Gasteiger partial charge on any atom is 0.246 e. The quantitative estimate of drug-likeness (QED) is 0.804. The molecule has 1 aliphatic heterocycles. The highest BCUT2D eigenvalue weighted by Gasteiger charge is 2.30. The van der Waals surface area contributed by atoms with Crippen molar-refractivity contribution in [3.8, 4) is 0 Å². The predicted molar refractivity (Wildman–Crippen MR) is 87.3 cm³/mol. The number of benzene rings is 1. The largest absolute Gasteiger partial charge is 0.324 e. The molecule has 2 N–H and O–H groups in total. The highest BCUT2D eigenvalue weighted by atomic mass is 79.9. The van der Waals surface area contributed by atoms with Crippen LogP contribution >= 0.6 is 27.7 Å². The first-order valence-corrected chi connectivity index (χ1v) is 8.91. The zero-order valence-electron chi connectivity index (χ0n) is 11.5. The van der Waals surface area contributed by atoms with E-state index < -0.39 is 0 Å². The van der Waals surface area contributed by atoms with E-state index in [0.717, 1.165) is 21.6 Å². The average molecular weight is 355 g/mol. The molecule has 1 aromatic carbocycles. The van der Waals surface area contributed by atoms with Crippen LogP contribution in [0.1, 0.15) is 37.3 Å². The van der Waals surface area contributed by atoms with Gasteiger partial charge in [0.2, 0.25) is 5.91 Å². The molecule has 1 saturated carbocycles. The van der Waals surface area contributed by atoms with Gasteiger partial charge < -0.3 is 10.6 Å². The Morgan fingerprint density at radius 3 is 2.85 bits per heavy atom. The van der Waals surface area contributed by atoms with Gasteiger partial charge in [-0.2, -0.15) is 0 Å². The summed E-state index contributed by atoms with van der Waals surface area (Å²) in [6.07, 6.45) is 5.51. The van der Waals surface area contributed by atoms with Crippen LogP contribution in [0.3, 0.4) is 0 Å². The minimum Gasteiger partial charge on any atom is -0.324 e. The third-order valence-corrected chi connectivity index (χ3v) is 6.38. The Kier molecular flexibility index (Phi) is 4.38. The van der Waals surface area contributed by atoms with Crippen LogP contribution in [0.25, 0.3) is 0 Å². The van der Waals surface area contributed by atoms with Crippen molar-refractivity contribution in [2.75, 3.05) is 18.1 Å². The second-order valence-electron chi connectivity index (χ2n) is 5.54. The number of thioether (sulfide) groups is 1. The van der Waals surface area contributed by atoms with Crippen molar-refractivity contribution in [2.24, 2.45) is 5.92 Å². The second kappa shape index (κ2) is 6.08. The maximum absolute atomic E-state index is 11.9. The molecule has 2 aliphatic rings. The summed E-state index contributed by atoms with van der Waals surface area (Å²) in [7, 11) is 1.82. The second-order valence-corrected chi connectivity index (χ2v) is 7.46. The van der Waals surface area contributed by atoms with Crippen molar-refractivity contribution in [2.45, 2.75) is 36.6 Å². The molecule has 1 amide bonds.